The summed E-state index contributed by atoms with van der Waals surface area (Å²) in [4.78, 5) is 11.6. The van der Waals surface area contributed by atoms with Crippen LogP contribution in [-0.2, 0) is 4.79 Å². The van der Waals surface area contributed by atoms with Crippen LogP contribution in [0, 0.1) is 23.2 Å². The Morgan fingerprint density at radius 1 is 1.79 bits per heavy atom. The van der Waals surface area contributed by atoms with E-state index in [0.29, 0.717) is 6.54 Å². The molecular weight excluding hydrogens is 178 g/mol. The Bertz CT molecular complexity index is 228. The monoisotopic (exact) mass is 195 g/mol. The summed E-state index contributed by atoms with van der Waals surface area (Å²) in [5.74, 6) is 0.0736. The molecule has 0 aromatic heterocycles. The number of piperidine rings is 1. The topological polar surface area (TPSA) is 64.9 Å². The molecule has 0 aromatic rings. The van der Waals surface area contributed by atoms with Crippen molar-refractivity contribution < 1.29 is 4.79 Å². The average Bonchev–Trinajstić information content (AvgIpc) is 2.26. The molecule has 4 heteroatoms. The number of nitrogens with one attached hydrogen (secondary N) is 2. The summed E-state index contributed by atoms with van der Waals surface area (Å²) in [6.45, 7) is 4.05. The fraction of sp³-hybridized carbons (Fsp3) is 0.800. The number of nitrogens with zero attached hydrogens (tertiary/aromatic N) is 1. The molecule has 4 nitrogen and oxygen atoms in total. The molecule has 1 fully saturated rings. The van der Waals surface area contributed by atoms with Crippen LogP contribution >= 0.6 is 0 Å². The molecule has 0 aliphatic carbocycles. The molecule has 0 bridgehead atoms. The van der Waals surface area contributed by atoms with Gasteiger partial charge in [-0.1, -0.05) is 0 Å². The van der Waals surface area contributed by atoms with E-state index in [1.54, 1.807) is 6.92 Å². The van der Waals surface area contributed by atoms with Crippen molar-refractivity contribution >= 4 is 5.91 Å². The van der Waals surface area contributed by atoms with Crippen LogP contribution < -0.4 is 10.6 Å². The maximum absolute atomic E-state index is 11.6. The summed E-state index contributed by atoms with van der Waals surface area (Å²) in [5, 5.41) is 14.5. The molecule has 1 amide bonds. The van der Waals surface area contributed by atoms with E-state index in [-0.39, 0.29) is 17.7 Å². The van der Waals surface area contributed by atoms with E-state index >= 15 is 0 Å². The lowest BCUT2D eigenvalue weighted by molar-refractivity contribution is -0.125. The minimum absolute atomic E-state index is 0.0827. The summed E-state index contributed by atoms with van der Waals surface area (Å²) in [5.41, 5.74) is 0. The van der Waals surface area contributed by atoms with Crippen molar-refractivity contribution in [3.63, 3.8) is 0 Å². The van der Waals surface area contributed by atoms with Gasteiger partial charge < -0.3 is 10.6 Å². The first-order valence-electron chi connectivity index (χ1n) is 5.12. The van der Waals surface area contributed by atoms with Crippen LogP contribution in [0.2, 0.25) is 0 Å². The van der Waals surface area contributed by atoms with Gasteiger partial charge >= 0.3 is 0 Å². The third kappa shape index (κ3) is 3.35. The first-order valence-corrected chi connectivity index (χ1v) is 5.12. The van der Waals surface area contributed by atoms with Crippen LogP contribution in [-0.4, -0.2) is 25.5 Å². The zero-order valence-corrected chi connectivity index (χ0v) is 8.55. The second-order valence-corrected chi connectivity index (χ2v) is 3.82. The molecule has 2 N–H and O–H groups in total. The highest BCUT2D eigenvalue weighted by molar-refractivity contribution is 5.78. The lowest BCUT2D eigenvalue weighted by Gasteiger charge is -2.22. The number of hydrogen-bond acceptors (Lipinski definition) is 3. The van der Waals surface area contributed by atoms with E-state index in [4.69, 9.17) is 5.26 Å². The number of carbonyl (C=O) groups excluding carboxylic acids is 1. The minimum Gasteiger partial charge on any atom is -0.355 e. The van der Waals surface area contributed by atoms with Crippen molar-refractivity contribution in [1.29, 1.82) is 5.26 Å². The molecule has 1 aliphatic heterocycles. The Morgan fingerprint density at radius 2 is 2.57 bits per heavy atom. The fourth-order valence-corrected chi connectivity index (χ4v) is 1.52. The van der Waals surface area contributed by atoms with Crippen molar-refractivity contribution in [3.8, 4) is 6.07 Å². The van der Waals surface area contributed by atoms with E-state index in [1.165, 1.54) is 0 Å². The van der Waals surface area contributed by atoms with Crippen LogP contribution in [0.3, 0.4) is 0 Å². The number of carbonyl (C=O) groups is 1. The number of amides is 1. The van der Waals surface area contributed by atoms with Gasteiger partial charge in [0.25, 0.3) is 0 Å². The van der Waals surface area contributed by atoms with Gasteiger partial charge in [-0.15, -0.1) is 0 Å². The zero-order valence-electron chi connectivity index (χ0n) is 8.55. The van der Waals surface area contributed by atoms with Gasteiger partial charge in [0, 0.05) is 13.1 Å². The molecule has 2 atom stereocenters. The van der Waals surface area contributed by atoms with Crippen LogP contribution in [0.5, 0.6) is 0 Å². The van der Waals surface area contributed by atoms with Gasteiger partial charge in [-0.3, -0.25) is 4.79 Å². The lowest BCUT2D eigenvalue weighted by atomic mass is 9.99. The molecule has 0 radical (unpaired) electrons. The van der Waals surface area contributed by atoms with Crippen molar-refractivity contribution in [2.24, 2.45) is 11.8 Å². The SMILES string of the molecule is CC(C#N)CNC(=O)[C@H]1CCCNC1. The van der Waals surface area contributed by atoms with Gasteiger partial charge in [0.2, 0.25) is 5.91 Å². The Kier molecular flexibility index (Phi) is 4.41. The summed E-state index contributed by atoms with van der Waals surface area (Å²) in [6.07, 6.45) is 2.02. The number of rotatable bonds is 3. The molecular formula is C10H17N3O. The largest absolute Gasteiger partial charge is 0.355 e. The number of nitriles is 1. The minimum atomic E-state index is -0.101. The van der Waals surface area contributed by atoms with Gasteiger partial charge in [-0.05, 0) is 26.3 Å². The zero-order chi connectivity index (χ0) is 10.4. The summed E-state index contributed by atoms with van der Waals surface area (Å²) in [7, 11) is 0. The van der Waals surface area contributed by atoms with Crippen LogP contribution in [0.1, 0.15) is 19.8 Å². The Labute approximate surface area is 84.7 Å². The second kappa shape index (κ2) is 5.61. The summed E-state index contributed by atoms with van der Waals surface area (Å²) < 4.78 is 0. The highest BCUT2D eigenvalue weighted by Gasteiger charge is 2.20. The van der Waals surface area contributed by atoms with Crippen molar-refractivity contribution in [2.45, 2.75) is 19.8 Å². The summed E-state index contributed by atoms with van der Waals surface area (Å²) in [6, 6.07) is 2.09. The molecule has 14 heavy (non-hydrogen) atoms. The molecule has 0 aromatic carbocycles. The van der Waals surface area contributed by atoms with E-state index in [2.05, 4.69) is 16.7 Å². The van der Waals surface area contributed by atoms with Crippen LogP contribution in [0.25, 0.3) is 0 Å². The molecule has 1 aliphatic rings. The van der Waals surface area contributed by atoms with Gasteiger partial charge in [0.05, 0.1) is 17.9 Å². The Hall–Kier alpha value is -1.08. The maximum atomic E-state index is 11.6. The van der Waals surface area contributed by atoms with Gasteiger partial charge in [0.1, 0.15) is 0 Å². The molecule has 1 heterocycles. The third-order valence-electron chi connectivity index (χ3n) is 2.47. The molecule has 1 rings (SSSR count). The van der Waals surface area contributed by atoms with E-state index in [9.17, 15) is 4.79 Å². The predicted molar refractivity (Wildman–Crippen MR) is 53.4 cm³/mol. The van der Waals surface area contributed by atoms with Crippen molar-refractivity contribution in [1.82, 2.24) is 10.6 Å². The smallest absolute Gasteiger partial charge is 0.224 e. The van der Waals surface area contributed by atoms with Crippen molar-refractivity contribution in [3.05, 3.63) is 0 Å². The highest BCUT2D eigenvalue weighted by Crippen LogP contribution is 2.09. The van der Waals surface area contributed by atoms with Crippen LogP contribution in [0.4, 0.5) is 0 Å². The first-order chi connectivity index (χ1) is 6.74. The third-order valence-corrected chi connectivity index (χ3v) is 2.47. The molecule has 78 valence electrons. The Balaban J connectivity index is 2.24. The van der Waals surface area contributed by atoms with Crippen molar-refractivity contribution in [2.75, 3.05) is 19.6 Å². The quantitative estimate of drug-likeness (QED) is 0.679. The fourth-order valence-electron chi connectivity index (χ4n) is 1.52. The molecule has 0 saturated carbocycles. The Morgan fingerprint density at radius 3 is 3.14 bits per heavy atom. The van der Waals surface area contributed by atoms with E-state index < -0.39 is 0 Å². The number of hydrogen-bond donors (Lipinski definition) is 2. The van der Waals surface area contributed by atoms with Gasteiger partial charge in [0.15, 0.2) is 0 Å². The second-order valence-electron chi connectivity index (χ2n) is 3.82. The normalized spacial score (nSPS) is 23.6. The maximum Gasteiger partial charge on any atom is 0.224 e. The van der Waals surface area contributed by atoms with Gasteiger partial charge in [-0.2, -0.15) is 5.26 Å². The van der Waals surface area contributed by atoms with E-state index in [0.717, 1.165) is 25.9 Å². The average molecular weight is 195 g/mol. The lowest BCUT2D eigenvalue weighted by Crippen LogP contribution is -2.41. The van der Waals surface area contributed by atoms with Gasteiger partial charge in [-0.25, -0.2) is 0 Å². The molecule has 1 saturated heterocycles. The standard InChI is InChI=1S/C10H17N3O/c1-8(5-11)6-13-10(14)9-3-2-4-12-7-9/h8-9,12H,2-4,6-7H2,1H3,(H,13,14)/t8?,9-/m0/s1. The predicted octanol–water partition coefficient (Wildman–Crippen LogP) is 0.262. The van der Waals surface area contributed by atoms with E-state index in [1.807, 2.05) is 0 Å². The first kappa shape index (κ1) is 11.0. The summed E-state index contributed by atoms with van der Waals surface area (Å²) >= 11 is 0. The molecule has 0 spiro atoms. The molecule has 1 unspecified atom stereocenters. The van der Waals surface area contributed by atoms with Crippen LogP contribution in [0.15, 0.2) is 0 Å². The highest BCUT2D eigenvalue weighted by atomic mass is 16.1.